The van der Waals surface area contributed by atoms with Crippen molar-refractivity contribution in [3.63, 3.8) is 0 Å². The molecular weight excluding hydrogens is 574 g/mol. The zero-order valence-electron chi connectivity index (χ0n) is 23.5. The first-order valence-electron chi connectivity index (χ1n) is 13.3. The molecule has 2 aliphatic heterocycles. The molecule has 2 amide bonds. The highest BCUT2D eigenvalue weighted by molar-refractivity contribution is 8.03. The lowest BCUT2D eigenvalue weighted by atomic mass is 9.97. The number of ether oxygens (including phenoxy) is 2. The second kappa shape index (κ2) is 12.5. The van der Waals surface area contributed by atoms with Crippen molar-refractivity contribution in [2.45, 2.75) is 55.1 Å². The number of benzene rings is 2. The molecule has 0 radical (unpaired) electrons. The van der Waals surface area contributed by atoms with Gasteiger partial charge in [0.25, 0.3) is 0 Å². The van der Waals surface area contributed by atoms with Gasteiger partial charge in [-0.25, -0.2) is 9.59 Å². The van der Waals surface area contributed by atoms with Crippen LogP contribution in [0.3, 0.4) is 0 Å². The molecule has 0 saturated carbocycles. The van der Waals surface area contributed by atoms with Crippen molar-refractivity contribution >= 4 is 41.5 Å². The molecule has 1 N–H and O–H groups in total. The SMILES string of the molecule is Cn1cnnc1SC=CC1=CS[C@@H]2[C@H](NC(=O)OC(C)(C)C)C(=O)N2C1C(=O)OC(c1ccccc1)c1ccccc1. The van der Waals surface area contributed by atoms with Gasteiger partial charge < -0.3 is 24.3 Å². The average molecular weight is 606 g/mol. The van der Waals surface area contributed by atoms with Gasteiger partial charge in [-0.2, -0.15) is 0 Å². The monoisotopic (exact) mass is 605 g/mol. The molecule has 10 nitrogen and oxygen atoms in total. The van der Waals surface area contributed by atoms with Gasteiger partial charge in [-0.3, -0.25) is 4.79 Å². The van der Waals surface area contributed by atoms with Crippen LogP contribution >= 0.6 is 23.5 Å². The molecule has 2 aromatic carbocycles. The molecule has 2 aliphatic rings. The van der Waals surface area contributed by atoms with Crippen molar-refractivity contribution in [3.05, 3.63) is 101 Å². The maximum Gasteiger partial charge on any atom is 0.408 e. The fourth-order valence-electron chi connectivity index (χ4n) is 4.54. The standard InChI is InChI=1S/C30H31N5O5S2/c1-30(2,3)40-29(38)32-22-25(36)35-23(21(17-42-26(22)35)15-16-41-28-33-31-18-34(28)4)27(37)39-24(19-11-7-5-8-12-19)20-13-9-6-10-14-20/h5-18,22-24,26H,1-4H3,(H,32,38)/t22-,23?,26-/m1/s1. The maximum atomic E-state index is 14.0. The van der Waals surface area contributed by atoms with Crippen LogP contribution in [0.4, 0.5) is 4.79 Å². The number of rotatable bonds is 8. The number of aryl methyl sites for hydroxylation is 1. The molecule has 3 heterocycles. The summed E-state index contributed by atoms with van der Waals surface area (Å²) in [5.41, 5.74) is 1.47. The third-order valence-electron chi connectivity index (χ3n) is 6.46. The number of carbonyl (C=O) groups excluding carboxylic acids is 3. The Morgan fingerprint density at radius 1 is 1.07 bits per heavy atom. The largest absolute Gasteiger partial charge is 0.451 e. The summed E-state index contributed by atoms with van der Waals surface area (Å²) in [5, 5.41) is 14.4. The summed E-state index contributed by atoms with van der Waals surface area (Å²) in [6.07, 6.45) is 2.00. The van der Waals surface area contributed by atoms with Gasteiger partial charge in [-0.15, -0.1) is 22.0 Å². The van der Waals surface area contributed by atoms with Crippen molar-refractivity contribution in [1.29, 1.82) is 0 Å². The topological polar surface area (TPSA) is 116 Å². The summed E-state index contributed by atoms with van der Waals surface area (Å²) in [5.74, 6) is -0.974. The second-order valence-corrected chi connectivity index (χ2v) is 12.6. The molecule has 1 fully saturated rings. The van der Waals surface area contributed by atoms with E-state index >= 15 is 0 Å². The van der Waals surface area contributed by atoms with Gasteiger partial charge in [0, 0.05) is 7.05 Å². The van der Waals surface area contributed by atoms with E-state index in [0.29, 0.717) is 10.7 Å². The molecule has 42 heavy (non-hydrogen) atoms. The van der Waals surface area contributed by atoms with Crippen LogP contribution < -0.4 is 5.32 Å². The minimum Gasteiger partial charge on any atom is -0.451 e. The molecule has 218 valence electrons. The minimum absolute atomic E-state index is 0.392. The van der Waals surface area contributed by atoms with E-state index in [9.17, 15) is 14.4 Å². The van der Waals surface area contributed by atoms with Crippen LogP contribution in [0.1, 0.15) is 38.0 Å². The number of carbonyl (C=O) groups is 3. The first-order valence-corrected chi connectivity index (χ1v) is 15.1. The van der Waals surface area contributed by atoms with Crippen molar-refractivity contribution in [2.24, 2.45) is 7.05 Å². The number of alkyl carbamates (subject to hydrolysis) is 1. The summed E-state index contributed by atoms with van der Waals surface area (Å²) in [4.78, 5) is 41.4. The molecule has 1 unspecified atom stereocenters. The Morgan fingerprint density at radius 2 is 1.71 bits per heavy atom. The second-order valence-electron chi connectivity index (χ2n) is 10.7. The Labute approximate surface area is 252 Å². The summed E-state index contributed by atoms with van der Waals surface area (Å²) >= 11 is 2.68. The van der Waals surface area contributed by atoms with E-state index in [1.807, 2.05) is 73.1 Å². The Balaban J connectivity index is 1.42. The van der Waals surface area contributed by atoms with Crippen LogP contribution in [0.2, 0.25) is 0 Å². The van der Waals surface area contributed by atoms with Crippen LogP contribution in [0.15, 0.2) is 94.6 Å². The van der Waals surface area contributed by atoms with Gasteiger partial charge in [-0.1, -0.05) is 72.4 Å². The van der Waals surface area contributed by atoms with Crippen LogP contribution in [0.5, 0.6) is 0 Å². The average Bonchev–Trinajstić information content (AvgIpc) is 3.38. The predicted molar refractivity (Wildman–Crippen MR) is 160 cm³/mol. The first kappa shape index (κ1) is 29.5. The number of hydrogen-bond acceptors (Lipinski definition) is 9. The molecule has 0 spiro atoms. The van der Waals surface area contributed by atoms with Gasteiger partial charge in [0.15, 0.2) is 17.3 Å². The van der Waals surface area contributed by atoms with Gasteiger partial charge in [0.05, 0.1) is 0 Å². The molecule has 3 aromatic rings. The number of β-lactam (4-membered cyclic amide) rings is 1. The molecular formula is C30H31N5O5S2. The lowest BCUT2D eigenvalue weighted by Crippen LogP contribution is -2.74. The summed E-state index contributed by atoms with van der Waals surface area (Å²) < 4.78 is 13.3. The first-order chi connectivity index (χ1) is 20.1. The van der Waals surface area contributed by atoms with Crippen LogP contribution in [0.25, 0.3) is 0 Å². The predicted octanol–water partition coefficient (Wildman–Crippen LogP) is 4.81. The zero-order valence-corrected chi connectivity index (χ0v) is 25.2. The smallest absolute Gasteiger partial charge is 0.408 e. The highest BCUT2D eigenvalue weighted by Gasteiger charge is 2.56. The van der Waals surface area contributed by atoms with Crippen LogP contribution in [-0.4, -0.2) is 60.7 Å². The quantitative estimate of drug-likeness (QED) is 0.219. The molecule has 1 aromatic heterocycles. The van der Waals surface area contributed by atoms with Gasteiger partial charge in [-0.05, 0) is 54.4 Å². The zero-order chi connectivity index (χ0) is 29.9. The molecule has 0 bridgehead atoms. The number of nitrogens with zero attached hydrogens (tertiary/aromatic N) is 4. The van der Waals surface area contributed by atoms with Gasteiger partial charge in [0.1, 0.15) is 23.3 Å². The molecule has 3 atom stereocenters. The third kappa shape index (κ3) is 6.55. The molecule has 5 rings (SSSR count). The van der Waals surface area contributed by atoms with Crippen molar-refractivity contribution < 1.29 is 23.9 Å². The minimum atomic E-state index is -1.02. The number of hydrogen-bond donors (Lipinski definition) is 1. The van der Waals surface area contributed by atoms with E-state index < -0.39 is 47.1 Å². The number of amides is 2. The van der Waals surface area contributed by atoms with Crippen molar-refractivity contribution in [1.82, 2.24) is 25.0 Å². The Morgan fingerprint density at radius 3 is 2.29 bits per heavy atom. The van der Waals surface area contributed by atoms with E-state index in [1.54, 1.807) is 43.1 Å². The maximum absolute atomic E-state index is 14.0. The number of aromatic nitrogens is 3. The summed E-state index contributed by atoms with van der Waals surface area (Å²) in [7, 11) is 1.83. The third-order valence-corrected chi connectivity index (χ3v) is 8.49. The van der Waals surface area contributed by atoms with E-state index in [4.69, 9.17) is 9.47 Å². The van der Waals surface area contributed by atoms with E-state index in [0.717, 1.165) is 11.1 Å². The molecule has 12 heteroatoms. The summed E-state index contributed by atoms with van der Waals surface area (Å²) in [6.45, 7) is 5.25. The van der Waals surface area contributed by atoms with E-state index in [1.165, 1.54) is 28.4 Å². The van der Waals surface area contributed by atoms with Crippen LogP contribution in [0, 0.1) is 0 Å². The molecule has 1 saturated heterocycles. The number of fused-ring (bicyclic) bond motifs is 1. The molecule has 0 aliphatic carbocycles. The lowest BCUT2D eigenvalue weighted by Gasteiger charge is -2.51. The fraction of sp³-hybridized carbons (Fsp3) is 0.300. The Hall–Kier alpha value is -4.03. The van der Waals surface area contributed by atoms with Gasteiger partial charge >= 0.3 is 12.1 Å². The van der Waals surface area contributed by atoms with E-state index in [-0.39, 0.29) is 0 Å². The highest BCUT2D eigenvalue weighted by atomic mass is 32.2. The lowest BCUT2D eigenvalue weighted by molar-refractivity contribution is -0.164. The number of thioether (sulfide) groups is 2. The van der Waals surface area contributed by atoms with Crippen LogP contribution in [-0.2, 0) is 26.1 Å². The summed E-state index contributed by atoms with van der Waals surface area (Å²) in [6, 6.07) is 17.1. The highest BCUT2D eigenvalue weighted by Crippen LogP contribution is 2.42. The number of nitrogens with one attached hydrogen (secondary N) is 1. The van der Waals surface area contributed by atoms with Crippen molar-refractivity contribution in [3.8, 4) is 0 Å². The fourth-order valence-corrected chi connectivity index (χ4v) is 6.40. The Kier molecular flexibility index (Phi) is 8.74. The van der Waals surface area contributed by atoms with Gasteiger partial charge in [0.2, 0.25) is 5.91 Å². The Bertz CT molecular complexity index is 1460. The normalized spacial score (nSPS) is 20.1. The number of esters is 1. The van der Waals surface area contributed by atoms with Crippen molar-refractivity contribution in [2.75, 3.05) is 0 Å². The van der Waals surface area contributed by atoms with E-state index in [2.05, 4.69) is 15.5 Å².